The highest BCUT2D eigenvalue weighted by Gasteiger charge is 2.40. The number of anilines is 1. The van der Waals surface area contributed by atoms with Gasteiger partial charge in [0.05, 0.1) is 23.8 Å². The quantitative estimate of drug-likeness (QED) is 0.555. The summed E-state index contributed by atoms with van der Waals surface area (Å²) in [5.74, 6) is -0.653. The van der Waals surface area contributed by atoms with Gasteiger partial charge in [-0.1, -0.05) is 52.2 Å². The number of rotatable bonds is 6. The molecular formula is C29H37N5O3. The molecule has 1 aromatic heterocycles. The van der Waals surface area contributed by atoms with Crippen molar-refractivity contribution in [2.24, 2.45) is 0 Å². The van der Waals surface area contributed by atoms with E-state index in [1.54, 1.807) is 6.07 Å². The number of nitriles is 1. The van der Waals surface area contributed by atoms with E-state index in [-0.39, 0.29) is 29.7 Å². The molecule has 8 nitrogen and oxygen atoms in total. The largest absolute Gasteiger partial charge is 0.392 e. The summed E-state index contributed by atoms with van der Waals surface area (Å²) < 4.78 is 0. The van der Waals surface area contributed by atoms with E-state index < -0.39 is 18.2 Å². The van der Waals surface area contributed by atoms with Crippen molar-refractivity contribution in [2.75, 3.05) is 11.4 Å². The fourth-order valence-corrected chi connectivity index (χ4v) is 5.25. The Labute approximate surface area is 219 Å². The summed E-state index contributed by atoms with van der Waals surface area (Å²) in [6.45, 7) is 6.65. The van der Waals surface area contributed by atoms with Gasteiger partial charge in [-0.15, -0.1) is 0 Å². The second-order valence-electron chi connectivity index (χ2n) is 11.2. The first-order chi connectivity index (χ1) is 17.7. The maximum Gasteiger partial charge on any atom is 0.248 e. The third-order valence-corrected chi connectivity index (χ3v) is 7.38. The lowest BCUT2D eigenvalue weighted by molar-refractivity contribution is -0.128. The van der Waals surface area contributed by atoms with Gasteiger partial charge in [-0.3, -0.25) is 19.5 Å². The van der Waals surface area contributed by atoms with Crippen molar-refractivity contribution in [3.8, 4) is 6.07 Å². The third-order valence-electron chi connectivity index (χ3n) is 7.38. The summed E-state index contributed by atoms with van der Waals surface area (Å²) in [5.41, 5.74) is 2.24. The number of amides is 2. The molecule has 0 bridgehead atoms. The number of carbonyl (C=O) groups excluding carboxylic acids is 2. The summed E-state index contributed by atoms with van der Waals surface area (Å²) in [6.07, 6.45) is 7.66. The average molecular weight is 504 g/mol. The summed E-state index contributed by atoms with van der Waals surface area (Å²) in [5, 5.41) is 26.3. The molecule has 0 radical (unpaired) electrons. The third kappa shape index (κ3) is 6.17. The monoisotopic (exact) mass is 503 g/mol. The highest BCUT2D eigenvalue weighted by molar-refractivity contribution is 6.04. The first kappa shape index (κ1) is 26.8. The number of hydrogen-bond donors (Lipinski definition) is 3. The van der Waals surface area contributed by atoms with Gasteiger partial charge in [0.15, 0.2) is 0 Å². The van der Waals surface area contributed by atoms with Crippen LogP contribution in [0, 0.1) is 11.3 Å². The second kappa shape index (κ2) is 11.4. The Hall–Kier alpha value is -3.28. The zero-order chi connectivity index (χ0) is 26.6. The Kier molecular flexibility index (Phi) is 8.25. The van der Waals surface area contributed by atoms with Crippen LogP contribution in [0.15, 0.2) is 42.7 Å². The molecule has 1 aliphatic heterocycles. The SMILES string of the molecule is CC(C)(C)c1ccc(N(C(=O)[C@H]2C[C@@H](O)CN2)C(C(=O)NC2CCCCC2)c2cnccc2C#N)cc1. The lowest BCUT2D eigenvalue weighted by Gasteiger charge is -2.35. The number of aliphatic hydroxyl groups is 1. The van der Waals surface area contributed by atoms with Crippen LogP contribution in [0.4, 0.5) is 5.69 Å². The number of nitrogens with zero attached hydrogens (tertiary/aromatic N) is 3. The van der Waals surface area contributed by atoms with Crippen LogP contribution in [0.25, 0.3) is 0 Å². The van der Waals surface area contributed by atoms with Gasteiger partial charge in [0.1, 0.15) is 6.04 Å². The van der Waals surface area contributed by atoms with Crippen molar-refractivity contribution in [3.05, 3.63) is 59.4 Å². The minimum atomic E-state index is -1.09. The molecule has 3 N–H and O–H groups in total. The molecule has 0 spiro atoms. The smallest absolute Gasteiger partial charge is 0.248 e. The van der Waals surface area contributed by atoms with E-state index in [0.29, 0.717) is 23.4 Å². The van der Waals surface area contributed by atoms with Crippen LogP contribution in [0.1, 0.15) is 82.0 Å². The maximum absolute atomic E-state index is 14.1. The van der Waals surface area contributed by atoms with Crippen molar-refractivity contribution < 1.29 is 14.7 Å². The molecule has 2 aromatic rings. The Morgan fingerprint density at radius 2 is 1.86 bits per heavy atom. The predicted octanol–water partition coefficient (Wildman–Crippen LogP) is 3.50. The first-order valence-corrected chi connectivity index (χ1v) is 13.2. The molecule has 1 saturated carbocycles. The zero-order valence-electron chi connectivity index (χ0n) is 21.9. The number of β-amino-alcohol motifs (C(OH)–C–C–N with tert-alkyl or cyclic N) is 1. The van der Waals surface area contributed by atoms with E-state index in [4.69, 9.17) is 0 Å². The Balaban J connectivity index is 1.81. The van der Waals surface area contributed by atoms with Crippen molar-refractivity contribution in [1.29, 1.82) is 5.26 Å². The lowest BCUT2D eigenvalue weighted by Crippen LogP contribution is -2.51. The van der Waals surface area contributed by atoms with Gasteiger partial charge in [0.25, 0.3) is 0 Å². The molecule has 2 fully saturated rings. The van der Waals surface area contributed by atoms with Crippen LogP contribution in [0.2, 0.25) is 0 Å². The van der Waals surface area contributed by atoms with Crippen molar-refractivity contribution in [2.45, 2.75) is 88.9 Å². The van der Waals surface area contributed by atoms with Gasteiger partial charge in [-0.05, 0) is 48.4 Å². The van der Waals surface area contributed by atoms with E-state index in [1.165, 1.54) is 17.3 Å². The predicted molar refractivity (Wildman–Crippen MR) is 142 cm³/mol. The molecule has 2 heterocycles. The number of hydrogen-bond acceptors (Lipinski definition) is 6. The van der Waals surface area contributed by atoms with Crippen molar-refractivity contribution in [3.63, 3.8) is 0 Å². The average Bonchev–Trinajstić information content (AvgIpc) is 3.33. The molecule has 2 amide bonds. The van der Waals surface area contributed by atoms with Crippen molar-refractivity contribution in [1.82, 2.24) is 15.6 Å². The molecule has 1 aliphatic carbocycles. The Bertz CT molecular complexity index is 1150. The highest BCUT2D eigenvalue weighted by Crippen LogP contribution is 2.33. The number of aromatic nitrogens is 1. The van der Waals surface area contributed by atoms with Crippen LogP contribution in [-0.2, 0) is 15.0 Å². The van der Waals surface area contributed by atoms with Gasteiger partial charge >= 0.3 is 0 Å². The van der Waals surface area contributed by atoms with E-state index in [1.807, 2.05) is 24.3 Å². The summed E-state index contributed by atoms with van der Waals surface area (Å²) in [4.78, 5) is 33.7. The molecule has 3 atom stereocenters. The molecule has 2 aliphatic rings. The minimum Gasteiger partial charge on any atom is -0.392 e. The van der Waals surface area contributed by atoms with Gasteiger partial charge in [0.2, 0.25) is 11.8 Å². The van der Waals surface area contributed by atoms with Gasteiger partial charge in [-0.2, -0.15) is 5.26 Å². The topological polar surface area (TPSA) is 118 Å². The van der Waals surface area contributed by atoms with Gasteiger partial charge < -0.3 is 15.7 Å². The number of aliphatic hydroxyl groups excluding tert-OH is 1. The second-order valence-corrected chi connectivity index (χ2v) is 11.2. The molecule has 196 valence electrons. The van der Waals surface area contributed by atoms with Gasteiger partial charge in [-0.25, -0.2) is 0 Å². The van der Waals surface area contributed by atoms with Crippen LogP contribution >= 0.6 is 0 Å². The van der Waals surface area contributed by atoms with Crippen molar-refractivity contribution >= 4 is 17.5 Å². The molecular weight excluding hydrogens is 466 g/mol. The molecule has 8 heteroatoms. The van der Waals surface area contributed by atoms with E-state index in [2.05, 4.69) is 42.5 Å². The van der Waals surface area contributed by atoms with E-state index in [9.17, 15) is 20.0 Å². The fraction of sp³-hybridized carbons (Fsp3) is 0.517. The zero-order valence-corrected chi connectivity index (χ0v) is 21.9. The van der Waals surface area contributed by atoms with Crippen LogP contribution in [0.5, 0.6) is 0 Å². The fourth-order valence-electron chi connectivity index (χ4n) is 5.25. The number of carbonyl (C=O) groups is 2. The highest BCUT2D eigenvalue weighted by atomic mass is 16.3. The van der Waals surface area contributed by atoms with Crippen LogP contribution < -0.4 is 15.5 Å². The minimum absolute atomic E-state index is 0.0256. The molecule has 4 rings (SSSR count). The molecule has 1 saturated heterocycles. The number of benzene rings is 1. The Morgan fingerprint density at radius 3 is 2.46 bits per heavy atom. The number of nitrogens with one attached hydrogen (secondary N) is 2. The van der Waals surface area contributed by atoms with E-state index in [0.717, 1.165) is 37.7 Å². The molecule has 1 unspecified atom stereocenters. The molecule has 1 aromatic carbocycles. The van der Waals surface area contributed by atoms with Crippen LogP contribution in [-0.4, -0.2) is 46.6 Å². The lowest BCUT2D eigenvalue weighted by atomic mass is 9.87. The standard InChI is InChI=1S/C29H37N5O3/c1-29(2,3)20-9-11-22(12-10-20)34(28(37)25-15-23(35)17-32-25)26(24-18-31-14-13-19(24)16-30)27(36)33-21-7-5-4-6-8-21/h9-14,18,21,23,25-26,32,35H,4-8,15,17H2,1-3H3,(H,33,36)/t23-,25-,26?/m1/s1. The van der Waals surface area contributed by atoms with Crippen LogP contribution in [0.3, 0.4) is 0 Å². The summed E-state index contributed by atoms with van der Waals surface area (Å²) in [6, 6.07) is 9.68. The normalized spacial score (nSPS) is 21.2. The number of pyridine rings is 1. The molecule has 37 heavy (non-hydrogen) atoms. The summed E-state index contributed by atoms with van der Waals surface area (Å²) in [7, 11) is 0. The van der Waals surface area contributed by atoms with E-state index >= 15 is 0 Å². The summed E-state index contributed by atoms with van der Waals surface area (Å²) >= 11 is 0. The maximum atomic E-state index is 14.1. The first-order valence-electron chi connectivity index (χ1n) is 13.2. The van der Waals surface area contributed by atoms with Gasteiger partial charge in [0, 0.05) is 36.2 Å². The Morgan fingerprint density at radius 1 is 1.16 bits per heavy atom.